The summed E-state index contributed by atoms with van der Waals surface area (Å²) >= 11 is 1.46. The molecule has 2 aromatic rings. The second kappa shape index (κ2) is 9.74. The van der Waals surface area contributed by atoms with Crippen molar-refractivity contribution in [2.75, 3.05) is 24.7 Å². The number of hydrogen-bond donors (Lipinski definition) is 2. The largest absolute Gasteiger partial charge is 0.496 e. The summed E-state index contributed by atoms with van der Waals surface area (Å²) < 4.78 is 5.30. The third kappa shape index (κ3) is 6.51. The lowest BCUT2D eigenvalue weighted by atomic mass is 10.1. The Labute approximate surface area is 152 Å². The molecule has 2 amide bonds. The summed E-state index contributed by atoms with van der Waals surface area (Å²) in [5, 5.41) is 5.63. The molecule has 0 atom stereocenters. The average Bonchev–Trinajstić information content (AvgIpc) is 2.61. The van der Waals surface area contributed by atoms with Crippen LogP contribution in [0.4, 0.5) is 5.69 Å². The van der Waals surface area contributed by atoms with E-state index in [0.717, 1.165) is 28.3 Å². The normalized spacial score (nSPS) is 10.2. The monoisotopic (exact) mass is 358 g/mol. The molecule has 0 heterocycles. The number of hydrogen-bond acceptors (Lipinski definition) is 4. The molecule has 6 heteroatoms. The van der Waals surface area contributed by atoms with E-state index in [-0.39, 0.29) is 11.8 Å². The summed E-state index contributed by atoms with van der Waals surface area (Å²) in [4.78, 5) is 23.9. The van der Waals surface area contributed by atoms with Gasteiger partial charge in [0.25, 0.3) is 0 Å². The Balaban J connectivity index is 1.72. The average molecular weight is 358 g/mol. The van der Waals surface area contributed by atoms with E-state index in [4.69, 9.17) is 4.74 Å². The number of thioether (sulfide) groups is 1. The van der Waals surface area contributed by atoms with E-state index >= 15 is 0 Å². The van der Waals surface area contributed by atoms with Gasteiger partial charge in [-0.1, -0.05) is 18.2 Å². The molecule has 0 unspecified atom stereocenters. The summed E-state index contributed by atoms with van der Waals surface area (Å²) in [7, 11) is 1.64. The molecule has 0 aromatic heterocycles. The fourth-order valence-corrected chi connectivity index (χ4v) is 3.01. The van der Waals surface area contributed by atoms with Crippen molar-refractivity contribution < 1.29 is 14.3 Å². The lowest BCUT2D eigenvalue weighted by Gasteiger charge is -2.09. The molecule has 0 radical (unpaired) electrons. The number of carbonyl (C=O) groups excluding carboxylic acids is 2. The SMILES string of the molecule is COc1ccccc1CCNC(=O)CSc1ccc(NC(C)=O)cc1. The van der Waals surface area contributed by atoms with Gasteiger partial charge in [0.05, 0.1) is 12.9 Å². The maximum atomic E-state index is 12.0. The van der Waals surface area contributed by atoms with Gasteiger partial charge >= 0.3 is 0 Å². The predicted octanol–water partition coefficient (Wildman–Crippen LogP) is 3.10. The number of carbonyl (C=O) groups is 2. The molecule has 25 heavy (non-hydrogen) atoms. The second-order valence-electron chi connectivity index (χ2n) is 5.41. The van der Waals surface area contributed by atoms with Crippen molar-refractivity contribution >= 4 is 29.3 Å². The minimum absolute atomic E-state index is 0.00849. The molecule has 0 saturated heterocycles. The number of anilines is 1. The first-order valence-electron chi connectivity index (χ1n) is 7.97. The number of nitrogens with one attached hydrogen (secondary N) is 2. The van der Waals surface area contributed by atoms with E-state index in [1.54, 1.807) is 7.11 Å². The summed E-state index contributed by atoms with van der Waals surface area (Å²) in [6.45, 7) is 2.04. The molecular weight excluding hydrogens is 336 g/mol. The summed E-state index contributed by atoms with van der Waals surface area (Å²) in [6.07, 6.45) is 0.728. The van der Waals surface area contributed by atoms with E-state index in [1.807, 2.05) is 48.5 Å². The Morgan fingerprint density at radius 1 is 1.08 bits per heavy atom. The zero-order valence-corrected chi connectivity index (χ0v) is 15.2. The number of rotatable bonds is 8. The van der Waals surface area contributed by atoms with Crippen molar-refractivity contribution in [2.45, 2.75) is 18.2 Å². The maximum Gasteiger partial charge on any atom is 0.230 e. The lowest BCUT2D eigenvalue weighted by molar-refractivity contribution is -0.118. The van der Waals surface area contributed by atoms with Crippen molar-refractivity contribution in [1.29, 1.82) is 0 Å². The van der Waals surface area contributed by atoms with Crippen molar-refractivity contribution in [1.82, 2.24) is 5.32 Å². The van der Waals surface area contributed by atoms with Gasteiger partial charge in [-0.05, 0) is 42.3 Å². The van der Waals surface area contributed by atoms with E-state index in [1.165, 1.54) is 18.7 Å². The standard InChI is InChI=1S/C19H22N2O3S/c1-14(22)21-16-7-9-17(10-8-16)25-13-19(23)20-12-11-15-5-3-4-6-18(15)24-2/h3-10H,11-13H2,1-2H3,(H,20,23)(H,21,22). The molecule has 2 N–H and O–H groups in total. The van der Waals surface area contributed by atoms with Crippen LogP contribution in [0, 0.1) is 0 Å². The van der Waals surface area contributed by atoms with Gasteiger partial charge in [-0.3, -0.25) is 9.59 Å². The topological polar surface area (TPSA) is 67.4 Å². The fourth-order valence-electron chi connectivity index (χ4n) is 2.28. The zero-order valence-electron chi connectivity index (χ0n) is 14.4. The molecule has 0 fully saturated rings. The molecular formula is C19H22N2O3S. The predicted molar refractivity (Wildman–Crippen MR) is 101 cm³/mol. The molecule has 132 valence electrons. The maximum absolute atomic E-state index is 12.0. The van der Waals surface area contributed by atoms with Crippen LogP contribution in [0.1, 0.15) is 12.5 Å². The molecule has 0 bridgehead atoms. The van der Waals surface area contributed by atoms with Crippen LogP contribution in [-0.4, -0.2) is 31.2 Å². The Hall–Kier alpha value is -2.47. The van der Waals surface area contributed by atoms with Gasteiger partial charge in [0.1, 0.15) is 5.75 Å². The Morgan fingerprint density at radius 3 is 2.48 bits per heavy atom. The van der Waals surface area contributed by atoms with Crippen LogP contribution in [0.2, 0.25) is 0 Å². The number of benzene rings is 2. The Morgan fingerprint density at radius 2 is 1.80 bits per heavy atom. The number of methoxy groups -OCH3 is 1. The zero-order chi connectivity index (χ0) is 18.1. The van der Waals surface area contributed by atoms with E-state index in [0.29, 0.717) is 12.3 Å². The van der Waals surface area contributed by atoms with Crippen LogP contribution in [0.5, 0.6) is 5.75 Å². The lowest BCUT2D eigenvalue weighted by Crippen LogP contribution is -2.27. The van der Waals surface area contributed by atoms with Gasteiger partial charge in [0, 0.05) is 24.1 Å². The molecule has 0 saturated carbocycles. The highest BCUT2D eigenvalue weighted by atomic mass is 32.2. The van der Waals surface area contributed by atoms with E-state index in [2.05, 4.69) is 10.6 Å². The van der Waals surface area contributed by atoms with Gasteiger partial charge in [0.15, 0.2) is 0 Å². The third-order valence-corrected chi connectivity index (χ3v) is 4.47. The van der Waals surface area contributed by atoms with E-state index in [9.17, 15) is 9.59 Å². The van der Waals surface area contributed by atoms with Gasteiger partial charge in [-0.15, -0.1) is 11.8 Å². The van der Waals surface area contributed by atoms with Crippen molar-refractivity contribution in [3.05, 3.63) is 54.1 Å². The fraction of sp³-hybridized carbons (Fsp3) is 0.263. The number of para-hydroxylation sites is 1. The summed E-state index contributed by atoms with van der Waals surface area (Å²) in [6, 6.07) is 15.2. The minimum Gasteiger partial charge on any atom is -0.496 e. The first-order chi connectivity index (χ1) is 12.1. The highest BCUT2D eigenvalue weighted by Crippen LogP contribution is 2.20. The molecule has 0 aliphatic rings. The van der Waals surface area contributed by atoms with Crippen LogP contribution >= 0.6 is 11.8 Å². The molecule has 5 nitrogen and oxygen atoms in total. The smallest absolute Gasteiger partial charge is 0.230 e. The second-order valence-corrected chi connectivity index (χ2v) is 6.45. The van der Waals surface area contributed by atoms with Gasteiger partial charge < -0.3 is 15.4 Å². The molecule has 2 aromatic carbocycles. The van der Waals surface area contributed by atoms with Gasteiger partial charge in [0.2, 0.25) is 11.8 Å². The molecule has 0 aliphatic heterocycles. The van der Waals surface area contributed by atoms with Crippen molar-refractivity contribution in [3.63, 3.8) is 0 Å². The number of ether oxygens (including phenoxy) is 1. The van der Waals surface area contributed by atoms with Crippen molar-refractivity contribution in [3.8, 4) is 5.75 Å². The highest BCUT2D eigenvalue weighted by molar-refractivity contribution is 8.00. The van der Waals surface area contributed by atoms with Crippen LogP contribution in [-0.2, 0) is 16.0 Å². The van der Waals surface area contributed by atoms with Gasteiger partial charge in [-0.2, -0.15) is 0 Å². The molecule has 2 rings (SSSR count). The summed E-state index contributed by atoms with van der Waals surface area (Å²) in [5.74, 6) is 1.08. The van der Waals surface area contributed by atoms with Crippen LogP contribution < -0.4 is 15.4 Å². The number of amides is 2. The molecule has 0 spiro atoms. The quantitative estimate of drug-likeness (QED) is 0.712. The first-order valence-corrected chi connectivity index (χ1v) is 8.96. The van der Waals surface area contributed by atoms with Crippen LogP contribution in [0.25, 0.3) is 0 Å². The van der Waals surface area contributed by atoms with E-state index < -0.39 is 0 Å². The summed E-state index contributed by atoms with van der Waals surface area (Å²) in [5.41, 5.74) is 1.82. The Kier molecular flexibility index (Phi) is 7.35. The first kappa shape index (κ1) is 18.9. The highest BCUT2D eigenvalue weighted by Gasteiger charge is 2.05. The molecule has 0 aliphatic carbocycles. The third-order valence-electron chi connectivity index (χ3n) is 3.45. The van der Waals surface area contributed by atoms with Crippen LogP contribution in [0.15, 0.2) is 53.4 Å². The van der Waals surface area contributed by atoms with Crippen LogP contribution in [0.3, 0.4) is 0 Å². The minimum atomic E-state index is -0.102. The van der Waals surface area contributed by atoms with Gasteiger partial charge in [-0.25, -0.2) is 0 Å². The Bertz CT molecular complexity index is 717. The van der Waals surface area contributed by atoms with Crippen molar-refractivity contribution in [2.24, 2.45) is 0 Å².